The summed E-state index contributed by atoms with van der Waals surface area (Å²) >= 11 is 0. The number of hydrogen-bond acceptors (Lipinski definition) is 6. The third kappa shape index (κ3) is 3.16. The molecule has 0 saturated carbocycles. The highest BCUT2D eigenvalue weighted by Crippen LogP contribution is 2.50. The lowest BCUT2D eigenvalue weighted by molar-refractivity contribution is 0.0194. The lowest BCUT2D eigenvalue weighted by atomic mass is 9.81. The molecule has 0 bridgehead atoms. The van der Waals surface area contributed by atoms with Crippen molar-refractivity contribution < 1.29 is 24.4 Å². The molecule has 2 atom stereocenters. The van der Waals surface area contributed by atoms with E-state index >= 15 is 0 Å². The molecule has 2 unspecified atom stereocenters. The van der Waals surface area contributed by atoms with Gasteiger partial charge in [-0.05, 0) is 41.3 Å². The van der Waals surface area contributed by atoms with Gasteiger partial charge in [0, 0.05) is 18.7 Å². The molecule has 2 aromatic rings. The summed E-state index contributed by atoms with van der Waals surface area (Å²) < 4.78 is 16.2. The van der Waals surface area contributed by atoms with Crippen molar-refractivity contribution in [2.75, 3.05) is 27.9 Å². The van der Waals surface area contributed by atoms with Gasteiger partial charge in [0.1, 0.15) is 0 Å². The van der Waals surface area contributed by atoms with Gasteiger partial charge in [-0.15, -0.1) is 0 Å². The molecule has 0 aliphatic carbocycles. The van der Waals surface area contributed by atoms with E-state index in [9.17, 15) is 10.2 Å². The van der Waals surface area contributed by atoms with Gasteiger partial charge in [0.25, 0.3) is 0 Å². The maximum atomic E-state index is 11.2. The highest BCUT2D eigenvalue weighted by Gasteiger charge is 2.40. The Morgan fingerprint density at radius 3 is 2.32 bits per heavy atom. The van der Waals surface area contributed by atoms with Crippen molar-refractivity contribution in [3.63, 3.8) is 0 Å². The molecule has 0 aromatic heterocycles. The number of methoxy groups -OCH3 is 3. The fourth-order valence-corrected chi connectivity index (χ4v) is 4.25. The molecule has 152 valence electrons. The monoisotopic (exact) mass is 387 g/mol. The molecule has 0 amide bonds. The summed E-state index contributed by atoms with van der Waals surface area (Å²) in [5.41, 5.74) is 3.84. The minimum Gasteiger partial charge on any atom is -0.504 e. The summed E-state index contributed by atoms with van der Waals surface area (Å²) in [5.74, 6) is 1.90. The Kier molecular flexibility index (Phi) is 6.01. The molecule has 2 aliphatic rings. The van der Waals surface area contributed by atoms with Crippen molar-refractivity contribution in [3.8, 4) is 23.0 Å². The number of aromatic hydroxyl groups is 1. The van der Waals surface area contributed by atoms with E-state index in [2.05, 4.69) is 4.90 Å². The molecule has 0 radical (unpaired) electrons. The molecule has 2 heterocycles. The first-order valence-electron chi connectivity index (χ1n) is 9.64. The fraction of sp³-hybridized carbons (Fsp3) is 0.455. The van der Waals surface area contributed by atoms with E-state index in [0.29, 0.717) is 23.8 Å². The Balaban J connectivity index is 0.00000109. The molecule has 6 nitrogen and oxygen atoms in total. The van der Waals surface area contributed by atoms with E-state index in [4.69, 9.17) is 14.2 Å². The topological polar surface area (TPSA) is 71.4 Å². The second-order valence-corrected chi connectivity index (χ2v) is 6.70. The molecule has 2 aromatic carbocycles. The van der Waals surface area contributed by atoms with Crippen molar-refractivity contribution in [1.29, 1.82) is 0 Å². The van der Waals surface area contributed by atoms with Crippen LogP contribution in [0, 0.1) is 0 Å². The molecule has 28 heavy (non-hydrogen) atoms. The molecule has 0 fully saturated rings. The molecule has 0 saturated heterocycles. The van der Waals surface area contributed by atoms with Crippen LogP contribution in [0.2, 0.25) is 0 Å². The van der Waals surface area contributed by atoms with Crippen LogP contribution in [0.3, 0.4) is 0 Å². The number of nitrogens with zero attached hydrogens (tertiary/aromatic N) is 1. The highest BCUT2D eigenvalue weighted by atomic mass is 16.5. The van der Waals surface area contributed by atoms with E-state index in [0.717, 1.165) is 35.2 Å². The van der Waals surface area contributed by atoms with Crippen LogP contribution in [0.15, 0.2) is 24.3 Å². The molecule has 2 N–H and O–H groups in total. The summed E-state index contributed by atoms with van der Waals surface area (Å²) in [5, 5.41) is 21.4. The summed E-state index contributed by atoms with van der Waals surface area (Å²) in [6.45, 7) is 5.46. The second kappa shape index (κ2) is 8.29. The van der Waals surface area contributed by atoms with Gasteiger partial charge in [-0.1, -0.05) is 19.9 Å². The van der Waals surface area contributed by atoms with Crippen LogP contribution in [-0.2, 0) is 13.0 Å². The van der Waals surface area contributed by atoms with Crippen LogP contribution in [-0.4, -0.2) is 43.0 Å². The average molecular weight is 387 g/mol. The van der Waals surface area contributed by atoms with Gasteiger partial charge in [0.05, 0.1) is 33.5 Å². The maximum absolute atomic E-state index is 11.2. The van der Waals surface area contributed by atoms with Gasteiger partial charge in [0.15, 0.2) is 23.0 Å². The van der Waals surface area contributed by atoms with Crippen molar-refractivity contribution in [2.45, 2.75) is 39.0 Å². The smallest absolute Gasteiger partial charge is 0.165 e. The first kappa shape index (κ1) is 20.3. The largest absolute Gasteiger partial charge is 0.504 e. The van der Waals surface area contributed by atoms with Gasteiger partial charge in [-0.25, -0.2) is 0 Å². The summed E-state index contributed by atoms with van der Waals surface area (Å²) in [6, 6.07) is 7.11. The first-order chi connectivity index (χ1) is 13.6. The van der Waals surface area contributed by atoms with Crippen LogP contribution in [0.4, 0.5) is 0 Å². The van der Waals surface area contributed by atoms with Crippen molar-refractivity contribution >= 4 is 0 Å². The van der Waals surface area contributed by atoms with Crippen LogP contribution in [0.25, 0.3) is 0 Å². The van der Waals surface area contributed by atoms with Crippen LogP contribution in [0.1, 0.15) is 48.2 Å². The molecular weight excluding hydrogens is 358 g/mol. The minimum atomic E-state index is -0.717. The van der Waals surface area contributed by atoms with Crippen LogP contribution >= 0.6 is 0 Å². The minimum absolute atomic E-state index is 0.0957. The number of aliphatic hydroxyl groups is 1. The second-order valence-electron chi connectivity index (χ2n) is 6.70. The maximum Gasteiger partial charge on any atom is 0.165 e. The third-order valence-electron chi connectivity index (χ3n) is 5.48. The highest BCUT2D eigenvalue weighted by molar-refractivity contribution is 5.55. The van der Waals surface area contributed by atoms with Crippen LogP contribution < -0.4 is 14.2 Å². The van der Waals surface area contributed by atoms with Crippen molar-refractivity contribution in [1.82, 2.24) is 4.90 Å². The SMILES string of the molecule is CC.COc1cc2c(cc1O)C1C(O)c3ccc(OC)c(OC)c3CN1CC2. The number of phenolic OH excluding ortho intramolecular Hbond substituents is 1. The van der Waals surface area contributed by atoms with Crippen LogP contribution in [0.5, 0.6) is 23.0 Å². The summed E-state index contributed by atoms with van der Waals surface area (Å²) in [6.07, 6.45) is 0.113. The molecule has 6 heteroatoms. The van der Waals surface area contributed by atoms with E-state index in [1.54, 1.807) is 27.4 Å². The van der Waals surface area contributed by atoms with Gasteiger partial charge < -0.3 is 24.4 Å². The first-order valence-corrected chi connectivity index (χ1v) is 9.64. The number of phenols is 1. The zero-order valence-corrected chi connectivity index (χ0v) is 17.2. The molecule has 0 spiro atoms. The number of ether oxygens (including phenoxy) is 3. The standard InChI is InChI=1S/C20H23NO5.C2H6/c1-24-16-5-4-12-14(20(16)26-3)10-21-7-6-11-8-17(25-2)15(22)9-13(11)18(21)19(12)23;1-2/h4-5,8-9,18-19,22-23H,6-7,10H2,1-3H3;1-2H3. The Bertz CT molecular complexity index is 851. The fourth-order valence-electron chi connectivity index (χ4n) is 4.25. The van der Waals surface area contributed by atoms with E-state index in [1.807, 2.05) is 32.0 Å². The third-order valence-corrected chi connectivity index (χ3v) is 5.48. The number of aliphatic hydroxyl groups excluding tert-OH is 1. The van der Waals surface area contributed by atoms with Gasteiger partial charge >= 0.3 is 0 Å². The van der Waals surface area contributed by atoms with E-state index in [1.165, 1.54) is 0 Å². The predicted molar refractivity (Wildman–Crippen MR) is 107 cm³/mol. The normalized spacial score (nSPS) is 20.1. The summed E-state index contributed by atoms with van der Waals surface area (Å²) in [7, 11) is 4.77. The van der Waals surface area contributed by atoms with E-state index in [-0.39, 0.29) is 11.8 Å². The van der Waals surface area contributed by atoms with Crippen molar-refractivity contribution in [2.24, 2.45) is 0 Å². The summed E-state index contributed by atoms with van der Waals surface area (Å²) in [4.78, 5) is 2.23. The Morgan fingerprint density at radius 1 is 0.964 bits per heavy atom. The number of benzene rings is 2. The van der Waals surface area contributed by atoms with E-state index < -0.39 is 6.10 Å². The van der Waals surface area contributed by atoms with Crippen molar-refractivity contribution in [3.05, 3.63) is 46.5 Å². The number of rotatable bonds is 3. The molecule has 4 rings (SSSR count). The van der Waals surface area contributed by atoms with Gasteiger partial charge in [0.2, 0.25) is 0 Å². The van der Waals surface area contributed by atoms with Gasteiger partial charge in [-0.2, -0.15) is 0 Å². The number of hydrogen-bond donors (Lipinski definition) is 2. The molecule has 2 aliphatic heterocycles. The molecular formula is C22H29NO5. The Morgan fingerprint density at radius 2 is 1.68 bits per heavy atom. The number of fused-ring (bicyclic) bond motifs is 4. The predicted octanol–water partition coefficient (Wildman–Crippen LogP) is 3.59. The lowest BCUT2D eigenvalue weighted by Gasteiger charge is -2.44. The average Bonchev–Trinajstić information content (AvgIpc) is 2.73. The Labute approximate surface area is 166 Å². The van der Waals surface area contributed by atoms with Gasteiger partial charge in [-0.3, -0.25) is 4.90 Å². The quantitative estimate of drug-likeness (QED) is 0.839. The zero-order chi connectivity index (χ0) is 20.4. The Hall–Kier alpha value is -2.44. The zero-order valence-electron chi connectivity index (χ0n) is 17.2. The lowest BCUT2D eigenvalue weighted by Crippen LogP contribution is -2.41.